The van der Waals surface area contributed by atoms with Crippen LogP contribution < -0.4 is 10.6 Å². The average molecular weight is 267 g/mol. The van der Waals surface area contributed by atoms with Crippen molar-refractivity contribution in [3.8, 4) is 0 Å². The van der Waals surface area contributed by atoms with Gasteiger partial charge in [-0.3, -0.25) is 10.1 Å². The molecule has 0 aliphatic carbocycles. The van der Waals surface area contributed by atoms with Gasteiger partial charge in [0.05, 0.1) is 17.9 Å². The van der Waals surface area contributed by atoms with Gasteiger partial charge >= 0.3 is 0 Å². The van der Waals surface area contributed by atoms with Gasteiger partial charge in [-0.2, -0.15) is 5.10 Å². The summed E-state index contributed by atoms with van der Waals surface area (Å²) in [6.07, 6.45) is 1.01. The lowest BCUT2D eigenvalue weighted by atomic mass is 10.1. The molecule has 1 unspecified atom stereocenters. The Labute approximate surface area is 115 Å². The van der Waals surface area contributed by atoms with Crippen molar-refractivity contribution >= 4 is 11.7 Å². The molecule has 0 saturated carbocycles. The fourth-order valence-electron chi connectivity index (χ4n) is 2.24. The van der Waals surface area contributed by atoms with Crippen LogP contribution in [-0.4, -0.2) is 41.9 Å². The van der Waals surface area contributed by atoms with Crippen LogP contribution in [0, 0.1) is 12.3 Å². The van der Waals surface area contributed by atoms with Crippen LogP contribution in [0.5, 0.6) is 0 Å². The van der Waals surface area contributed by atoms with E-state index in [1.165, 1.54) is 0 Å². The fraction of sp³-hybridized carbons (Fsp3) is 0.692. The largest absolute Gasteiger partial charge is 0.384 e. The predicted octanol–water partition coefficient (Wildman–Crippen LogP) is 1.26. The second kappa shape index (κ2) is 6.56. The van der Waals surface area contributed by atoms with Crippen molar-refractivity contribution in [1.29, 1.82) is 5.41 Å². The summed E-state index contributed by atoms with van der Waals surface area (Å²) in [6.45, 7) is 7.56. The van der Waals surface area contributed by atoms with E-state index in [-0.39, 0.29) is 5.84 Å². The van der Waals surface area contributed by atoms with Gasteiger partial charge in [0.2, 0.25) is 0 Å². The van der Waals surface area contributed by atoms with Crippen molar-refractivity contribution in [2.24, 2.45) is 12.8 Å². The summed E-state index contributed by atoms with van der Waals surface area (Å²) in [7, 11) is 3.58. The summed E-state index contributed by atoms with van der Waals surface area (Å²) in [5.74, 6) is 0.961. The van der Waals surface area contributed by atoms with Gasteiger partial charge < -0.3 is 15.4 Å². The molecule has 0 aliphatic rings. The molecular formula is C13H25N5O. The molecule has 3 N–H and O–H groups in total. The third-order valence-corrected chi connectivity index (χ3v) is 3.39. The molecule has 1 aromatic heterocycles. The molecule has 6 heteroatoms. The number of methoxy groups -OCH3 is 1. The van der Waals surface area contributed by atoms with Crippen molar-refractivity contribution in [2.75, 3.05) is 25.2 Å². The van der Waals surface area contributed by atoms with E-state index in [1.807, 2.05) is 14.0 Å². The normalized spacial score (nSPS) is 12.5. The Kier molecular flexibility index (Phi) is 5.35. The standard InChI is InChI=1S/C13H25N5O/c1-6-9(2)18(7-8-19-5)13-11(12(14)15)10(3)16-17(13)4/h9H,6-8H2,1-5H3,(H3,14,15). The maximum absolute atomic E-state index is 7.77. The van der Waals surface area contributed by atoms with Crippen LogP contribution in [-0.2, 0) is 11.8 Å². The van der Waals surface area contributed by atoms with Crippen LogP contribution in [0.3, 0.4) is 0 Å². The fourth-order valence-corrected chi connectivity index (χ4v) is 2.24. The molecule has 0 radical (unpaired) electrons. The maximum atomic E-state index is 7.77. The van der Waals surface area contributed by atoms with Gasteiger partial charge in [0.1, 0.15) is 11.7 Å². The molecule has 0 fully saturated rings. The second-order valence-corrected chi connectivity index (χ2v) is 4.76. The summed E-state index contributed by atoms with van der Waals surface area (Å²) in [5.41, 5.74) is 7.22. The first-order chi connectivity index (χ1) is 8.93. The van der Waals surface area contributed by atoms with Gasteiger partial charge in [0.25, 0.3) is 0 Å². The zero-order chi connectivity index (χ0) is 14.6. The number of aryl methyl sites for hydroxylation is 2. The number of nitrogens with zero attached hydrogens (tertiary/aromatic N) is 3. The Morgan fingerprint density at radius 3 is 2.68 bits per heavy atom. The van der Waals surface area contributed by atoms with Crippen molar-refractivity contribution in [2.45, 2.75) is 33.2 Å². The molecule has 1 rings (SSSR count). The van der Waals surface area contributed by atoms with Crippen molar-refractivity contribution in [3.05, 3.63) is 11.3 Å². The van der Waals surface area contributed by atoms with E-state index >= 15 is 0 Å². The topological polar surface area (TPSA) is 80.2 Å². The highest BCUT2D eigenvalue weighted by Gasteiger charge is 2.23. The number of nitrogen functional groups attached to an aromatic ring is 1. The van der Waals surface area contributed by atoms with Gasteiger partial charge in [-0.15, -0.1) is 0 Å². The smallest absolute Gasteiger partial charge is 0.138 e. The maximum Gasteiger partial charge on any atom is 0.138 e. The molecule has 19 heavy (non-hydrogen) atoms. The summed E-state index contributed by atoms with van der Waals surface area (Å²) >= 11 is 0. The number of amidine groups is 1. The molecule has 1 aromatic rings. The zero-order valence-corrected chi connectivity index (χ0v) is 12.5. The Bertz CT molecular complexity index is 440. The number of hydrogen-bond acceptors (Lipinski definition) is 4. The predicted molar refractivity (Wildman–Crippen MR) is 77.9 cm³/mol. The van der Waals surface area contributed by atoms with Gasteiger partial charge in [-0.1, -0.05) is 6.92 Å². The van der Waals surface area contributed by atoms with Gasteiger partial charge in [-0.05, 0) is 20.3 Å². The van der Waals surface area contributed by atoms with Crippen LogP contribution in [0.25, 0.3) is 0 Å². The van der Waals surface area contributed by atoms with Gasteiger partial charge in [-0.25, -0.2) is 0 Å². The van der Waals surface area contributed by atoms with E-state index in [4.69, 9.17) is 15.9 Å². The lowest BCUT2D eigenvalue weighted by molar-refractivity contribution is 0.203. The van der Waals surface area contributed by atoms with Gasteiger partial charge in [0.15, 0.2) is 0 Å². The summed E-state index contributed by atoms with van der Waals surface area (Å²) < 4.78 is 6.98. The Morgan fingerprint density at radius 2 is 2.21 bits per heavy atom. The summed E-state index contributed by atoms with van der Waals surface area (Å²) in [5, 5.41) is 12.2. The number of hydrogen-bond donors (Lipinski definition) is 2. The molecule has 1 heterocycles. The highest BCUT2D eigenvalue weighted by atomic mass is 16.5. The SMILES string of the molecule is CCC(C)N(CCOC)c1c(C(=N)N)c(C)nn1C. The second-order valence-electron chi connectivity index (χ2n) is 4.76. The van der Waals surface area contributed by atoms with Gasteiger partial charge in [0, 0.05) is 26.7 Å². The first-order valence-electron chi connectivity index (χ1n) is 6.57. The Balaban J connectivity index is 3.24. The molecule has 0 saturated heterocycles. The summed E-state index contributed by atoms with van der Waals surface area (Å²) in [6, 6.07) is 0.336. The Hall–Kier alpha value is -1.56. The van der Waals surface area contributed by atoms with E-state index in [9.17, 15) is 0 Å². The van der Waals surface area contributed by atoms with Crippen LogP contribution in [0.1, 0.15) is 31.5 Å². The van der Waals surface area contributed by atoms with E-state index in [1.54, 1.807) is 11.8 Å². The van der Waals surface area contributed by atoms with Crippen LogP contribution in [0.15, 0.2) is 0 Å². The molecule has 0 amide bonds. The number of anilines is 1. The lowest BCUT2D eigenvalue weighted by Gasteiger charge is -2.31. The number of nitrogens with one attached hydrogen (secondary N) is 1. The zero-order valence-electron chi connectivity index (χ0n) is 12.5. The van der Waals surface area contributed by atoms with Crippen LogP contribution in [0.2, 0.25) is 0 Å². The van der Waals surface area contributed by atoms with Crippen molar-refractivity contribution in [3.63, 3.8) is 0 Å². The molecule has 6 nitrogen and oxygen atoms in total. The summed E-state index contributed by atoms with van der Waals surface area (Å²) in [4.78, 5) is 2.21. The first kappa shape index (κ1) is 15.5. The van der Waals surface area contributed by atoms with E-state index in [0.717, 1.165) is 30.0 Å². The minimum absolute atomic E-state index is 0.0614. The lowest BCUT2D eigenvalue weighted by Crippen LogP contribution is -2.38. The minimum atomic E-state index is 0.0614. The van der Waals surface area contributed by atoms with E-state index < -0.39 is 0 Å². The molecule has 0 aliphatic heterocycles. The number of nitrogens with two attached hydrogens (primary N) is 1. The highest BCUT2D eigenvalue weighted by molar-refractivity contribution is 6.01. The molecule has 0 bridgehead atoms. The average Bonchev–Trinajstić information content (AvgIpc) is 2.64. The van der Waals surface area contributed by atoms with E-state index in [0.29, 0.717) is 12.6 Å². The molecule has 0 aromatic carbocycles. The number of ether oxygens (including phenoxy) is 1. The molecular weight excluding hydrogens is 242 g/mol. The van der Waals surface area contributed by atoms with Crippen molar-refractivity contribution in [1.82, 2.24) is 9.78 Å². The molecule has 0 spiro atoms. The van der Waals surface area contributed by atoms with Crippen LogP contribution in [0.4, 0.5) is 5.82 Å². The van der Waals surface area contributed by atoms with E-state index in [2.05, 4.69) is 23.8 Å². The number of rotatable bonds is 7. The highest BCUT2D eigenvalue weighted by Crippen LogP contribution is 2.25. The third kappa shape index (κ3) is 3.26. The van der Waals surface area contributed by atoms with Crippen molar-refractivity contribution < 1.29 is 4.74 Å². The third-order valence-electron chi connectivity index (χ3n) is 3.39. The quantitative estimate of drug-likeness (QED) is 0.576. The number of aromatic nitrogens is 2. The Morgan fingerprint density at radius 1 is 1.58 bits per heavy atom. The first-order valence-corrected chi connectivity index (χ1v) is 6.57. The molecule has 1 atom stereocenters. The van der Waals surface area contributed by atoms with Crippen LogP contribution >= 0.6 is 0 Å². The minimum Gasteiger partial charge on any atom is -0.384 e. The molecule has 108 valence electrons. The monoisotopic (exact) mass is 267 g/mol.